The van der Waals surface area contributed by atoms with Crippen LogP contribution in [0.15, 0.2) is 36.4 Å². The molecule has 0 aliphatic heterocycles. The van der Waals surface area contributed by atoms with Gasteiger partial charge < -0.3 is 14.8 Å². The number of amides is 1. The van der Waals surface area contributed by atoms with Crippen molar-refractivity contribution < 1.29 is 14.3 Å². The quantitative estimate of drug-likeness (QED) is 0.719. The average Bonchev–Trinajstić information content (AvgIpc) is 2.63. The maximum absolute atomic E-state index is 12.5. The van der Waals surface area contributed by atoms with Crippen LogP contribution in [0.4, 0.5) is 5.69 Å². The standard InChI is InChI=1S/C20H21ClN2O3/c1-3-11-26-19-17(21)12-15(13-18(19)25-4-2)20(24)23-16-7-5-14(6-8-16)9-10-22/h5-8,12-13H,3-4,9,11H2,1-2H3,(H,23,24). The average molecular weight is 373 g/mol. The number of anilines is 1. The van der Waals surface area contributed by atoms with Gasteiger partial charge in [-0.1, -0.05) is 30.7 Å². The van der Waals surface area contributed by atoms with Crippen molar-refractivity contribution >= 4 is 23.2 Å². The summed E-state index contributed by atoms with van der Waals surface area (Å²) in [5.41, 5.74) is 1.91. The zero-order chi connectivity index (χ0) is 18.9. The molecule has 0 spiro atoms. The number of carbonyl (C=O) groups excluding carboxylic acids is 1. The second-order valence-electron chi connectivity index (χ2n) is 5.55. The number of hydrogen-bond acceptors (Lipinski definition) is 4. The molecule has 0 aliphatic carbocycles. The van der Waals surface area contributed by atoms with Crippen molar-refractivity contribution in [1.29, 1.82) is 5.26 Å². The largest absolute Gasteiger partial charge is 0.490 e. The molecular formula is C20H21ClN2O3. The summed E-state index contributed by atoms with van der Waals surface area (Å²) >= 11 is 6.29. The minimum absolute atomic E-state index is 0.303. The molecule has 0 saturated heterocycles. The lowest BCUT2D eigenvalue weighted by Gasteiger charge is -2.15. The lowest BCUT2D eigenvalue weighted by atomic mass is 10.1. The lowest BCUT2D eigenvalue weighted by molar-refractivity contribution is 0.102. The van der Waals surface area contributed by atoms with Crippen LogP contribution >= 0.6 is 11.6 Å². The summed E-state index contributed by atoms with van der Waals surface area (Å²) in [6.45, 7) is 4.80. The molecule has 0 atom stereocenters. The molecule has 0 bridgehead atoms. The molecule has 5 nitrogen and oxygen atoms in total. The molecule has 2 rings (SSSR count). The Morgan fingerprint density at radius 3 is 2.54 bits per heavy atom. The second-order valence-corrected chi connectivity index (χ2v) is 5.96. The first kappa shape index (κ1) is 19.6. The number of nitriles is 1. The summed E-state index contributed by atoms with van der Waals surface area (Å²) in [4.78, 5) is 12.5. The highest BCUT2D eigenvalue weighted by atomic mass is 35.5. The zero-order valence-electron chi connectivity index (χ0n) is 14.8. The molecule has 1 N–H and O–H groups in total. The lowest BCUT2D eigenvalue weighted by Crippen LogP contribution is -2.13. The van der Waals surface area contributed by atoms with Gasteiger partial charge >= 0.3 is 0 Å². The molecule has 2 aromatic carbocycles. The molecule has 0 unspecified atom stereocenters. The predicted molar refractivity (Wildman–Crippen MR) is 102 cm³/mol. The number of rotatable bonds is 8. The highest BCUT2D eigenvalue weighted by molar-refractivity contribution is 6.32. The van der Waals surface area contributed by atoms with Crippen molar-refractivity contribution in [3.05, 3.63) is 52.5 Å². The Kier molecular flexibility index (Phi) is 7.31. The normalized spacial score (nSPS) is 10.1. The van der Waals surface area contributed by atoms with Gasteiger partial charge in [0.25, 0.3) is 5.91 Å². The number of benzene rings is 2. The van der Waals surface area contributed by atoms with Crippen LogP contribution in [0.25, 0.3) is 0 Å². The Hall–Kier alpha value is -2.71. The number of ether oxygens (including phenoxy) is 2. The Morgan fingerprint density at radius 1 is 1.19 bits per heavy atom. The molecule has 136 valence electrons. The van der Waals surface area contributed by atoms with Crippen LogP contribution in [-0.4, -0.2) is 19.1 Å². The zero-order valence-corrected chi connectivity index (χ0v) is 15.6. The van der Waals surface area contributed by atoms with Gasteiger partial charge in [0.1, 0.15) is 0 Å². The third kappa shape index (κ3) is 5.14. The molecule has 0 heterocycles. The second kappa shape index (κ2) is 9.69. The van der Waals surface area contributed by atoms with Gasteiger partial charge in [-0.15, -0.1) is 0 Å². The van der Waals surface area contributed by atoms with E-state index in [1.165, 1.54) is 0 Å². The number of carbonyl (C=O) groups is 1. The first-order valence-electron chi connectivity index (χ1n) is 8.45. The highest BCUT2D eigenvalue weighted by Crippen LogP contribution is 2.37. The Bertz CT molecular complexity index is 798. The molecule has 0 aliphatic rings. The topological polar surface area (TPSA) is 71.3 Å². The summed E-state index contributed by atoms with van der Waals surface area (Å²) in [7, 11) is 0. The summed E-state index contributed by atoms with van der Waals surface area (Å²) < 4.78 is 11.2. The van der Waals surface area contributed by atoms with E-state index in [-0.39, 0.29) is 5.91 Å². The van der Waals surface area contributed by atoms with Crippen molar-refractivity contribution in [3.63, 3.8) is 0 Å². The van der Waals surface area contributed by atoms with E-state index in [0.29, 0.717) is 47.4 Å². The van der Waals surface area contributed by atoms with E-state index in [1.807, 2.05) is 13.8 Å². The van der Waals surface area contributed by atoms with Crippen molar-refractivity contribution in [2.24, 2.45) is 0 Å². The van der Waals surface area contributed by atoms with Gasteiger partial charge in [-0.25, -0.2) is 0 Å². The fourth-order valence-corrected chi connectivity index (χ4v) is 2.57. The molecule has 0 aromatic heterocycles. The first-order valence-corrected chi connectivity index (χ1v) is 8.83. The van der Waals surface area contributed by atoms with E-state index in [9.17, 15) is 4.79 Å². The van der Waals surface area contributed by atoms with Gasteiger partial charge in [0, 0.05) is 11.3 Å². The number of nitrogens with zero attached hydrogens (tertiary/aromatic N) is 1. The van der Waals surface area contributed by atoms with E-state index in [0.717, 1.165) is 12.0 Å². The fourth-order valence-electron chi connectivity index (χ4n) is 2.31. The Morgan fingerprint density at radius 2 is 1.92 bits per heavy atom. The van der Waals surface area contributed by atoms with E-state index in [2.05, 4.69) is 11.4 Å². The van der Waals surface area contributed by atoms with Crippen LogP contribution in [-0.2, 0) is 6.42 Å². The number of halogens is 1. The van der Waals surface area contributed by atoms with Crippen molar-refractivity contribution in [2.75, 3.05) is 18.5 Å². The van der Waals surface area contributed by atoms with Gasteiger partial charge in [-0.05, 0) is 43.2 Å². The van der Waals surface area contributed by atoms with Crippen molar-refractivity contribution in [1.82, 2.24) is 0 Å². The minimum atomic E-state index is -0.303. The first-order chi connectivity index (χ1) is 12.6. The molecule has 0 radical (unpaired) electrons. The molecule has 1 amide bonds. The van der Waals surface area contributed by atoms with Crippen LogP contribution in [0, 0.1) is 11.3 Å². The van der Waals surface area contributed by atoms with Gasteiger partial charge in [0.05, 0.1) is 30.7 Å². The molecular weight excluding hydrogens is 352 g/mol. The summed E-state index contributed by atoms with van der Waals surface area (Å²) in [5.74, 6) is 0.596. The molecule has 6 heteroatoms. The van der Waals surface area contributed by atoms with E-state index in [1.54, 1.807) is 36.4 Å². The monoisotopic (exact) mass is 372 g/mol. The Labute approximate surface area is 158 Å². The van der Waals surface area contributed by atoms with Crippen LogP contribution in [0.3, 0.4) is 0 Å². The predicted octanol–water partition coefficient (Wildman–Crippen LogP) is 4.85. The fraction of sp³-hybridized carbons (Fsp3) is 0.300. The highest BCUT2D eigenvalue weighted by Gasteiger charge is 2.16. The number of nitrogens with one attached hydrogen (secondary N) is 1. The molecule has 26 heavy (non-hydrogen) atoms. The van der Waals surface area contributed by atoms with E-state index in [4.69, 9.17) is 26.3 Å². The Balaban J connectivity index is 2.21. The van der Waals surface area contributed by atoms with Crippen molar-refractivity contribution in [2.45, 2.75) is 26.7 Å². The van der Waals surface area contributed by atoms with E-state index >= 15 is 0 Å². The maximum atomic E-state index is 12.5. The molecule has 0 saturated carbocycles. The smallest absolute Gasteiger partial charge is 0.255 e. The van der Waals surface area contributed by atoms with Crippen LogP contribution in [0.1, 0.15) is 36.2 Å². The minimum Gasteiger partial charge on any atom is -0.490 e. The van der Waals surface area contributed by atoms with Gasteiger partial charge in [-0.2, -0.15) is 5.26 Å². The summed E-state index contributed by atoms with van der Waals surface area (Å²) in [5, 5.41) is 11.8. The maximum Gasteiger partial charge on any atom is 0.255 e. The summed E-state index contributed by atoms with van der Waals surface area (Å²) in [6.07, 6.45) is 1.17. The van der Waals surface area contributed by atoms with Gasteiger partial charge in [0.15, 0.2) is 11.5 Å². The van der Waals surface area contributed by atoms with Crippen LogP contribution in [0.2, 0.25) is 5.02 Å². The summed E-state index contributed by atoms with van der Waals surface area (Å²) in [6, 6.07) is 12.4. The number of hydrogen-bond donors (Lipinski definition) is 1. The van der Waals surface area contributed by atoms with Gasteiger partial charge in [0.2, 0.25) is 0 Å². The van der Waals surface area contributed by atoms with Crippen molar-refractivity contribution in [3.8, 4) is 17.6 Å². The third-order valence-corrected chi connectivity index (χ3v) is 3.80. The molecule has 2 aromatic rings. The van der Waals surface area contributed by atoms with E-state index < -0.39 is 0 Å². The molecule has 0 fully saturated rings. The van der Waals surface area contributed by atoms with Crippen LogP contribution < -0.4 is 14.8 Å². The van der Waals surface area contributed by atoms with Crippen LogP contribution in [0.5, 0.6) is 11.5 Å². The third-order valence-electron chi connectivity index (χ3n) is 3.52. The SMILES string of the molecule is CCCOc1c(Cl)cc(C(=O)Nc2ccc(CC#N)cc2)cc1OCC. The van der Waals surface area contributed by atoms with Gasteiger partial charge in [-0.3, -0.25) is 4.79 Å².